The van der Waals surface area contributed by atoms with Crippen molar-refractivity contribution < 1.29 is 9.47 Å². The summed E-state index contributed by atoms with van der Waals surface area (Å²) in [5.41, 5.74) is 1.28. The maximum absolute atomic E-state index is 6.13. The predicted octanol–water partition coefficient (Wildman–Crippen LogP) is 3.55. The smallest absolute Gasteiger partial charge is 0.119 e. The van der Waals surface area contributed by atoms with Crippen LogP contribution in [0.15, 0.2) is 24.3 Å². The van der Waals surface area contributed by atoms with Gasteiger partial charge in [0, 0.05) is 12.1 Å². The van der Waals surface area contributed by atoms with Gasteiger partial charge in [0.2, 0.25) is 0 Å². The van der Waals surface area contributed by atoms with E-state index in [9.17, 15) is 0 Å². The van der Waals surface area contributed by atoms with Gasteiger partial charge in [0.05, 0.1) is 19.8 Å². The maximum Gasteiger partial charge on any atom is 0.119 e. The molecule has 2 rings (SSSR count). The fourth-order valence-electron chi connectivity index (χ4n) is 2.05. The standard InChI is InChI=1S/C17H27NO2/c1-17(2,3)18-11-16(20-12-13-8-9-13)14-6-5-7-15(10-14)19-4/h5-7,10,13,16,18H,8-9,11-12H2,1-4H3. The third-order valence-corrected chi connectivity index (χ3v) is 3.51. The summed E-state index contributed by atoms with van der Waals surface area (Å²) in [6.07, 6.45) is 2.72. The van der Waals surface area contributed by atoms with Crippen molar-refractivity contribution in [3.63, 3.8) is 0 Å². The average Bonchev–Trinajstić information content (AvgIpc) is 3.22. The van der Waals surface area contributed by atoms with Gasteiger partial charge in [0.1, 0.15) is 5.75 Å². The summed E-state index contributed by atoms with van der Waals surface area (Å²) >= 11 is 0. The molecule has 112 valence electrons. The molecule has 1 aromatic carbocycles. The van der Waals surface area contributed by atoms with E-state index >= 15 is 0 Å². The highest BCUT2D eigenvalue weighted by atomic mass is 16.5. The van der Waals surface area contributed by atoms with Crippen molar-refractivity contribution in [2.24, 2.45) is 5.92 Å². The first kappa shape index (κ1) is 15.3. The molecule has 0 aliphatic heterocycles. The second-order valence-corrected chi connectivity index (χ2v) is 6.67. The van der Waals surface area contributed by atoms with E-state index in [4.69, 9.17) is 9.47 Å². The zero-order valence-electron chi connectivity index (χ0n) is 13.1. The fraction of sp³-hybridized carbons (Fsp3) is 0.647. The number of hydrogen-bond acceptors (Lipinski definition) is 3. The number of benzene rings is 1. The Balaban J connectivity index is 2.02. The molecule has 0 bridgehead atoms. The lowest BCUT2D eigenvalue weighted by Crippen LogP contribution is -2.39. The van der Waals surface area contributed by atoms with Crippen LogP contribution in [0.4, 0.5) is 0 Å². The molecule has 1 aliphatic rings. The van der Waals surface area contributed by atoms with Crippen LogP contribution in [-0.4, -0.2) is 25.8 Å². The molecule has 0 spiro atoms. The molecular weight excluding hydrogens is 250 g/mol. The molecule has 1 N–H and O–H groups in total. The molecule has 0 amide bonds. The minimum atomic E-state index is 0.0879. The van der Waals surface area contributed by atoms with E-state index in [1.807, 2.05) is 12.1 Å². The van der Waals surface area contributed by atoms with Crippen molar-refractivity contribution in [3.8, 4) is 5.75 Å². The molecule has 3 heteroatoms. The first-order valence-electron chi connectivity index (χ1n) is 7.48. The van der Waals surface area contributed by atoms with Gasteiger partial charge in [-0.25, -0.2) is 0 Å². The zero-order chi connectivity index (χ0) is 14.6. The van der Waals surface area contributed by atoms with Gasteiger partial charge in [0.25, 0.3) is 0 Å². The first-order chi connectivity index (χ1) is 9.48. The Bertz CT molecular complexity index is 421. The largest absolute Gasteiger partial charge is 0.497 e. The fourth-order valence-corrected chi connectivity index (χ4v) is 2.05. The zero-order valence-corrected chi connectivity index (χ0v) is 13.1. The van der Waals surface area contributed by atoms with E-state index in [2.05, 4.69) is 38.2 Å². The van der Waals surface area contributed by atoms with Crippen molar-refractivity contribution >= 4 is 0 Å². The van der Waals surface area contributed by atoms with Gasteiger partial charge >= 0.3 is 0 Å². The Morgan fingerprint density at radius 3 is 2.65 bits per heavy atom. The number of ether oxygens (including phenoxy) is 2. The van der Waals surface area contributed by atoms with Crippen LogP contribution in [0, 0.1) is 5.92 Å². The monoisotopic (exact) mass is 277 g/mol. The van der Waals surface area contributed by atoms with Crippen molar-refractivity contribution in [2.75, 3.05) is 20.3 Å². The molecule has 1 aromatic rings. The Kier molecular flexibility index (Phi) is 5.06. The topological polar surface area (TPSA) is 30.5 Å². The van der Waals surface area contributed by atoms with Crippen LogP contribution in [0.2, 0.25) is 0 Å². The summed E-state index contributed by atoms with van der Waals surface area (Å²) in [5.74, 6) is 1.66. The van der Waals surface area contributed by atoms with Gasteiger partial charge in [-0.05, 0) is 57.2 Å². The molecule has 1 saturated carbocycles. The summed E-state index contributed by atoms with van der Waals surface area (Å²) < 4.78 is 11.4. The molecule has 20 heavy (non-hydrogen) atoms. The molecule has 0 radical (unpaired) electrons. The number of methoxy groups -OCH3 is 1. The minimum absolute atomic E-state index is 0.0879. The lowest BCUT2D eigenvalue weighted by Gasteiger charge is -2.26. The highest BCUT2D eigenvalue weighted by Gasteiger charge is 2.24. The third-order valence-electron chi connectivity index (χ3n) is 3.51. The predicted molar refractivity (Wildman–Crippen MR) is 82.2 cm³/mol. The highest BCUT2D eigenvalue weighted by Crippen LogP contribution is 2.31. The van der Waals surface area contributed by atoms with Crippen molar-refractivity contribution in [3.05, 3.63) is 29.8 Å². The van der Waals surface area contributed by atoms with Crippen LogP contribution < -0.4 is 10.1 Å². The normalized spacial score (nSPS) is 17.0. The van der Waals surface area contributed by atoms with Gasteiger partial charge in [-0.3, -0.25) is 0 Å². The van der Waals surface area contributed by atoms with Crippen LogP contribution >= 0.6 is 0 Å². The number of nitrogens with one attached hydrogen (secondary N) is 1. The molecule has 1 aliphatic carbocycles. The molecule has 0 saturated heterocycles. The minimum Gasteiger partial charge on any atom is -0.497 e. The van der Waals surface area contributed by atoms with Crippen LogP contribution in [0.3, 0.4) is 0 Å². The highest BCUT2D eigenvalue weighted by molar-refractivity contribution is 5.30. The second kappa shape index (κ2) is 6.59. The molecule has 0 heterocycles. The second-order valence-electron chi connectivity index (χ2n) is 6.67. The van der Waals surface area contributed by atoms with Crippen molar-refractivity contribution in [1.29, 1.82) is 0 Å². The van der Waals surface area contributed by atoms with Gasteiger partial charge in [0.15, 0.2) is 0 Å². The Labute approximate surface area is 122 Å². The number of rotatable bonds is 7. The summed E-state index contributed by atoms with van der Waals surface area (Å²) in [7, 11) is 1.70. The Hall–Kier alpha value is -1.06. The lowest BCUT2D eigenvalue weighted by molar-refractivity contribution is 0.0411. The summed E-state index contributed by atoms with van der Waals surface area (Å²) in [6.45, 7) is 8.22. The van der Waals surface area contributed by atoms with Gasteiger partial charge in [-0.2, -0.15) is 0 Å². The van der Waals surface area contributed by atoms with Gasteiger partial charge in [-0.15, -0.1) is 0 Å². The Morgan fingerprint density at radius 1 is 1.30 bits per heavy atom. The number of hydrogen-bond donors (Lipinski definition) is 1. The summed E-state index contributed by atoms with van der Waals surface area (Å²) in [6, 6.07) is 8.18. The van der Waals surface area contributed by atoms with Crippen LogP contribution in [0.1, 0.15) is 45.3 Å². The van der Waals surface area contributed by atoms with E-state index in [0.717, 1.165) is 24.8 Å². The molecule has 1 fully saturated rings. The van der Waals surface area contributed by atoms with Crippen LogP contribution in [0.5, 0.6) is 5.75 Å². The van der Waals surface area contributed by atoms with E-state index in [-0.39, 0.29) is 11.6 Å². The van der Waals surface area contributed by atoms with Crippen molar-refractivity contribution in [2.45, 2.75) is 45.3 Å². The quantitative estimate of drug-likeness (QED) is 0.826. The SMILES string of the molecule is COc1cccc(C(CNC(C)(C)C)OCC2CC2)c1. The Morgan fingerprint density at radius 2 is 2.05 bits per heavy atom. The van der Waals surface area contributed by atoms with E-state index < -0.39 is 0 Å². The van der Waals surface area contributed by atoms with Gasteiger partial charge in [-0.1, -0.05) is 12.1 Å². The molecule has 1 atom stereocenters. The van der Waals surface area contributed by atoms with Gasteiger partial charge < -0.3 is 14.8 Å². The van der Waals surface area contributed by atoms with E-state index in [1.165, 1.54) is 18.4 Å². The molecule has 1 unspecified atom stereocenters. The molecular formula is C17H27NO2. The van der Waals surface area contributed by atoms with Crippen LogP contribution in [0.25, 0.3) is 0 Å². The molecule has 0 aromatic heterocycles. The van der Waals surface area contributed by atoms with E-state index in [0.29, 0.717) is 0 Å². The average molecular weight is 277 g/mol. The maximum atomic E-state index is 6.13. The third kappa shape index (κ3) is 5.14. The summed E-state index contributed by atoms with van der Waals surface area (Å²) in [5, 5.41) is 3.54. The lowest BCUT2D eigenvalue weighted by atomic mass is 10.1. The first-order valence-corrected chi connectivity index (χ1v) is 7.48. The molecule has 3 nitrogen and oxygen atoms in total. The summed E-state index contributed by atoms with van der Waals surface area (Å²) in [4.78, 5) is 0. The van der Waals surface area contributed by atoms with Crippen LogP contribution in [-0.2, 0) is 4.74 Å². The van der Waals surface area contributed by atoms with E-state index in [1.54, 1.807) is 7.11 Å². The van der Waals surface area contributed by atoms with Crippen molar-refractivity contribution in [1.82, 2.24) is 5.32 Å².